The SMILES string of the molecule is N#Cc1cccc(CNS(=O)(=O)c2ccc(N)c(Br)c2)c1. The predicted octanol–water partition coefficient (Wildman–Crippen LogP) is 2.38. The van der Waals surface area contributed by atoms with Crippen LogP contribution in [0.5, 0.6) is 0 Å². The first-order chi connectivity index (χ1) is 9.92. The smallest absolute Gasteiger partial charge is 0.240 e. The molecule has 0 amide bonds. The maximum absolute atomic E-state index is 12.2. The van der Waals surface area contributed by atoms with Gasteiger partial charge in [-0.25, -0.2) is 13.1 Å². The molecule has 2 rings (SSSR count). The van der Waals surface area contributed by atoms with E-state index in [2.05, 4.69) is 20.7 Å². The zero-order chi connectivity index (χ0) is 15.5. The van der Waals surface area contributed by atoms with Gasteiger partial charge in [0, 0.05) is 16.7 Å². The normalized spacial score (nSPS) is 11.0. The molecule has 0 aliphatic rings. The van der Waals surface area contributed by atoms with E-state index < -0.39 is 10.0 Å². The summed E-state index contributed by atoms with van der Waals surface area (Å²) in [6.45, 7) is 0.111. The zero-order valence-electron chi connectivity index (χ0n) is 10.9. The monoisotopic (exact) mass is 365 g/mol. The second-order valence-electron chi connectivity index (χ2n) is 4.32. The maximum atomic E-state index is 12.2. The largest absolute Gasteiger partial charge is 0.398 e. The molecule has 0 radical (unpaired) electrons. The van der Waals surface area contributed by atoms with Crippen molar-refractivity contribution in [3.05, 3.63) is 58.1 Å². The summed E-state index contributed by atoms with van der Waals surface area (Å²) in [7, 11) is -3.64. The van der Waals surface area contributed by atoms with Crippen molar-refractivity contribution in [1.29, 1.82) is 5.26 Å². The minimum atomic E-state index is -3.64. The molecule has 5 nitrogen and oxygen atoms in total. The van der Waals surface area contributed by atoms with Gasteiger partial charge in [-0.2, -0.15) is 5.26 Å². The molecule has 0 atom stereocenters. The molecular formula is C14H12BrN3O2S. The number of nitrogens with two attached hydrogens (primary N) is 1. The fourth-order valence-electron chi connectivity index (χ4n) is 1.69. The van der Waals surface area contributed by atoms with Gasteiger partial charge in [0.25, 0.3) is 0 Å². The number of nitrogen functional groups attached to an aromatic ring is 1. The van der Waals surface area contributed by atoms with Gasteiger partial charge in [-0.3, -0.25) is 0 Å². The summed E-state index contributed by atoms with van der Waals surface area (Å²) >= 11 is 3.20. The fraction of sp³-hybridized carbons (Fsp3) is 0.0714. The fourth-order valence-corrected chi connectivity index (χ4v) is 3.26. The molecule has 108 valence electrons. The Balaban J connectivity index is 2.17. The van der Waals surface area contributed by atoms with Crippen LogP contribution in [0.15, 0.2) is 51.8 Å². The number of anilines is 1. The molecule has 0 heterocycles. The van der Waals surface area contributed by atoms with E-state index in [1.807, 2.05) is 6.07 Å². The lowest BCUT2D eigenvalue weighted by molar-refractivity contribution is 0.581. The molecule has 0 spiro atoms. The van der Waals surface area contributed by atoms with E-state index in [1.165, 1.54) is 18.2 Å². The minimum Gasteiger partial charge on any atom is -0.398 e. The van der Waals surface area contributed by atoms with Gasteiger partial charge in [0.1, 0.15) is 0 Å². The van der Waals surface area contributed by atoms with Crippen molar-refractivity contribution in [2.45, 2.75) is 11.4 Å². The number of hydrogen-bond acceptors (Lipinski definition) is 4. The van der Waals surface area contributed by atoms with E-state index in [-0.39, 0.29) is 11.4 Å². The molecule has 7 heteroatoms. The van der Waals surface area contributed by atoms with Gasteiger partial charge in [-0.15, -0.1) is 0 Å². The van der Waals surface area contributed by atoms with Gasteiger partial charge in [0.05, 0.1) is 16.5 Å². The average molecular weight is 366 g/mol. The Labute approximate surface area is 131 Å². The van der Waals surface area contributed by atoms with Crippen molar-refractivity contribution >= 4 is 31.6 Å². The van der Waals surface area contributed by atoms with Crippen LogP contribution in [0.25, 0.3) is 0 Å². The molecule has 0 aliphatic heterocycles. The highest BCUT2D eigenvalue weighted by molar-refractivity contribution is 9.10. The Hall–Kier alpha value is -1.88. The first-order valence-corrected chi connectivity index (χ1v) is 8.24. The van der Waals surface area contributed by atoms with Gasteiger partial charge >= 0.3 is 0 Å². The first kappa shape index (κ1) is 15.5. The van der Waals surface area contributed by atoms with Crippen LogP contribution in [-0.4, -0.2) is 8.42 Å². The van der Waals surface area contributed by atoms with Crippen LogP contribution >= 0.6 is 15.9 Å². The summed E-state index contributed by atoms with van der Waals surface area (Å²) in [5.41, 5.74) is 7.31. The number of rotatable bonds is 4. The quantitative estimate of drug-likeness (QED) is 0.812. The number of nitrogens with one attached hydrogen (secondary N) is 1. The summed E-state index contributed by atoms with van der Waals surface area (Å²) in [5, 5.41) is 8.82. The molecule has 0 aliphatic carbocycles. The molecule has 3 N–H and O–H groups in total. The topological polar surface area (TPSA) is 96.0 Å². The maximum Gasteiger partial charge on any atom is 0.240 e. The summed E-state index contributed by atoms with van der Waals surface area (Å²) < 4.78 is 27.4. The van der Waals surface area contributed by atoms with Crippen molar-refractivity contribution in [3.63, 3.8) is 0 Å². The molecule has 2 aromatic rings. The van der Waals surface area contributed by atoms with Crippen LogP contribution in [0.4, 0.5) is 5.69 Å². The summed E-state index contributed by atoms with van der Waals surface area (Å²) in [6, 6.07) is 13.2. The number of halogens is 1. The van der Waals surface area contributed by atoms with E-state index in [9.17, 15) is 8.42 Å². The Bertz CT molecular complexity index is 813. The van der Waals surface area contributed by atoms with Crippen molar-refractivity contribution < 1.29 is 8.42 Å². The van der Waals surface area contributed by atoms with Crippen LogP contribution in [-0.2, 0) is 16.6 Å². The van der Waals surface area contributed by atoms with Crippen LogP contribution in [0.3, 0.4) is 0 Å². The third-order valence-electron chi connectivity index (χ3n) is 2.80. The molecule has 2 aromatic carbocycles. The number of hydrogen-bond donors (Lipinski definition) is 2. The van der Waals surface area contributed by atoms with Gasteiger partial charge in [0.15, 0.2) is 0 Å². The van der Waals surface area contributed by atoms with E-state index in [1.54, 1.807) is 24.3 Å². The molecule has 21 heavy (non-hydrogen) atoms. The lowest BCUT2D eigenvalue weighted by Crippen LogP contribution is -2.23. The molecule has 0 saturated heterocycles. The number of nitriles is 1. The molecule has 0 unspecified atom stereocenters. The van der Waals surface area contributed by atoms with Crippen molar-refractivity contribution in [2.24, 2.45) is 0 Å². The highest BCUT2D eigenvalue weighted by Crippen LogP contribution is 2.23. The Morgan fingerprint density at radius 3 is 2.67 bits per heavy atom. The van der Waals surface area contributed by atoms with Crippen molar-refractivity contribution in [1.82, 2.24) is 4.72 Å². The minimum absolute atomic E-state index is 0.111. The highest BCUT2D eigenvalue weighted by atomic mass is 79.9. The Morgan fingerprint density at radius 2 is 2.00 bits per heavy atom. The lowest BCUT2D eigenvalue weighted by atomic mass is 10.1. The molecule has 0 aromatic heterocycles. The van der Waals surface area contributed by atoms with Crippen LogP contribution in [0.2, 0.25) is 0 Å². The number of sulfonamides is 1. The number of nitrogens with zero attached hydrogens (tertiary/aromatic N) is 1. The third kappa shape index (κ3) is 3.82. The van der Waals surface area contributed by atoms with Gasteiger partial charge in [0.2, 0.25) is 10.0 Å². The highest BCUT2D eigenvalue weighted by Gasteiger charge is 2.14. The summed E-state index contributed by atoms with van der Waals surface area (Å²) in [6.07, 6.45) is 0. The van der Waals surface area contributed by atoms with E-state index in [0.29, 0.717) is 21.3 Å². The lowest BCUT2D eigenvalue weighted by Gasteiger charge is -2.08. The molecule has 0 saturated carbocycles. The average Bonchev–Trinajstić information content (AvgIpc) is 2.48. The molecule has 0 fully saturated rings. The molecular weight excluding hydrogens is 354 g/mol. The Morgan fingerprint density at radius 1 is 1.24 bits per heavy atom. The summed E-state index contributed by atoms with van der Waals surface area (Å²) in [4.78, 5) is 0.125. The first-order valence-electron chi connectivity index (χ1n) is 5.96. The number of benzene rings is 2. The van der Waals surface area contributed by atoms with Gasteiger partial charge < -0.3 is 5.73 Å². The van der Waals surface area contributed by atoms with Gasteiger partial charge in [-0.05, 0) is 51.8 Å². The second kappa shape index (κ2) is 6.26. The second-order valence-corrected chi connectivity index (χ2v) is 6.94. The van der Waals surface area contributed by atoms with E-state index >= 15 is 0 Å². The third-order valence-corrected chi connectivity index (χ3v) is 4.89. The standard InChI is InChI=1S/C14H12BrN3O2S/c15-13-7-12(4-5-14(13)17)21(19,20)18-9-11-3-1-2-10(6-11)8-16/h1-7,18H,9,17H2. The van der Waals surface area contributed by atoms with E-state index in [0.717, 1.165) is 0 Å². The molecule has 0 bridgehead atoms. The van der Waals surface area contributed by atoms with Crippen LogP contribution < -0.4 is 10.5 Å². The van der Waals surface area contributed by atoms with Crippen LogP contribution in [0, 0.1) is 11.3 Å². The predicted molar refractivity (Wildman–Crippen MR) is 83.7 cm³/mol. The van der Waals surface area contributed by atoms with Crippen LogP contribution in [0.1, 0.15) is 11.1 Å². The van der Waals surface area contributed by atoms with Crippen molar-refractivity contribution in [3.8, 4) is 6.07 Å². The van der Waals surface area contributed by atoms with Crippen molar-refractivity contribution in [2.75, 3.05) is 5.73 Å². The van der Waals surface area contributed by atoms with E-state index in [4.69, 9.17) is 11.0 Å². The zero-order valence-corrected chi connectivity index (χ0v) is 13.3. The van der Waals surface area contributed by atoms with Gasteiger partial charge in [-0.1, -0.05) is 12.1 Å². The summed E-state index contributed by atoms with van der Waals surface area (Å²) in [5.74, 6) is 0. The Kier molecular flexibility index (Phi) is 4.63.